The molecule has 1 aromatic rings. The minimum absolute atomic E-state index is 0.0307. The second kappa shape index (κ2) is 7.42. The van der Waals surface area contributed by atoms with Crippen molar-refractivity contribution < 1.29 is 32.2 Å². The van der Waals surface area contributed by atoms with Gasteiger partial charge in [0.15, 0.2) is 0 Å². The van der Waals surface area contributed by atoms with Crippen LogP contribution in [0.25, 0.3) is 0 Å². The summed E-state index contributed by atoms with van der Waals surface area (Å²) in [6, 6.07) is 4.97. The van der Waals surface area contributed by atoms with Gasteiger partial charge in [0.05, 0.1) is 12.5 Å². The van der Waals surface area contributed by atoms with E-state index in [9.17, 15) is 22.8 Å². The molecule has 2 aliphatic heterocycles. The Morgan fingerprint density at radius 3 is 2.69 bits per heavy atom. The van der Waals surface area contributed by atoms with E-state index >= 15 is 0 Å². The molecule has 2 heterocycles. The third-order valence-corrected chi connectivity index (χ3v) is 6.10. The molecule has 4 atom stereocenters. The summed E-state index contributed by atoms with van der Waals surface area (Å²) in [6.45, 7) is 3.34. The first-order valence-corrected chi connectivity index (χ1v) is 9.78. The van der Waals surface area contributed by atoms with E-state index in [0.29, 0.717) is 38.1 Å². The number of hydrogen-bond donors (Lipinski definition) is 1. The van der Waals surface area contributed by atoms with Gasteiger partial charge in [-0.25, -0.2) is 4.79 Å². The van der Waals surface area contributed by atoms with Crippen molar-refractivity contribution in [2.45, 2.75) is 32.0 Å². The van der Waals surface area contributed by atoms with Crippen molar-refractivity contribution in [1.29, 1.82) is 0 Å². The number of benzene rings is 1. The highest BCUT2D eigenvalue weighted by molar-refractivity contribution is 5.80. The molecular weight excluding hydrogens is 389 g/mol. The first-order valence-electron chi connectivity index (χ1n) is 9.78. The third kappa shape index (κ3) is 4.28. The summed E-state index contributed by atoms with van der Waals surface area (Å²) in [6.07, 6.45) is -3.91. The number of piperidine rings is 1. The number of cyclic esters (lactones) is 1. The highest BCUT2D eigenvalue weighted by Crippen LogP contribution is 2.58. The zero-order chi connectivity index (χ0) is 20.8. The number of ether oxygens (including phenoxy) is 2. The van der Waals surface area contributed by atoms with Crippen LogP contribution in [-0.2, 0) is 9.53 Å². The van der Waals surface area contributed by atoms with Crippen LogP contribution in [-0.4, -0.2) is 49.5 Å². The van der Waals surface area contributed by atoms with Crippen LogP contribution < -0.4 is 10.1 Å². The summed E-state index contributed by atoms with van der Waals surface area (Å²) in [5.74, 6) is 0.271. The quantitative estimate of drug-likeness (QED) is 0.828. The van der Waals surface area contributed by atoms with E-state index in [-0.39, 0.29) is 41.9 Å². The largest absolute Gasteiger partial charge is 0.573 e. The number of halogens is 3. The molecule has 3 fully saturated rings. The van der Waals surface area contributed by atoms with E-state index in [2.05, 4.69) is 10.1 Å². The summed E-state index contributed by atoms with van der Waals surface area (Å²) in [5.41, 5.74) is 1.26. The molecule has 1 aromatic carbocycles. The van der Waals surface area contributed by atoms with Crippen molar-refractivity contribution >= 4 is 12.0 Å². The Kier molecular flexibility index (Phi) is 5.08. The summed E-state index contributed by atoms with van der Waals surface area (Å²) in [5, 5.41) is 2.61. The van der Waals surface area contributed by atoms with Crippen molar-refractivity contribution in [3.8, 4) is 5.75 Å². The molecule has 9 heteroatoms. The molecule has 3 aliphatic rings. The second-order valence-corrected chi connectivity index (χ2v) is 8.03. The van der Waals surface area contributed by atoms with Crippen molar-refractivity contribution in [1.82, 2.24) is 10.2 Å². The van der Waals surface area contributed by atoms with Crippen LogP contribution in [0.5, 0.6) is 5.75 Å². The van der Waals surface area contributed by atoms with E-state index in [1.807, 2.05) is 11.0 Å². The van der Waals surface area contributed by atoms with Gasteiger partial charge in [-0.05, 0) is 54.7 Å². The van der Waals surface area contributed by atoms with Crippen molar-refractivity contribution in [2.75, 3.05) is 26.2 Å². The number of amides is 2. The summed E-state index contributed by atoms with van der Waals surface area (Å²) in [7, 11) is 0. The Labute approximate surface area is 166 Å². The maximum absolute atomic E-state index is 12.8. The smallest absolute Gasteiger partial charge is 0.450 e. The fraction of sp³-hybridized carbons (Fsp3) is 0.600. The normalized spacial score (nSPS) is 29.2. The number of carbonyl (C=O) groups excluding carboxylic acids is 2. The third-order valence-electron chi connectivity index (χ3n) is 6.10. The van der Waals surface area contributed by atoms with Gasteiger partial charge in [-0.2, -0.15) is 0 Å². The highest BCUT2D eigenvalue weighted by atomic mass is 19.4. The summed E-state index contributed by atoms with van der Waals surface area (Å²) < 4.78 is 46.8. The van der Waals surface area contributed by atoms with Gasteiger partial charge in [0, 0.05) is 19.6 Å². The molecule has 4 rings (SSSR count). The molecule has 0 radical (unpaired) electrons. The van der Waals surface area contributed by atoms with E-state index < -0.39 is 12.5 Å². The average molecular weight is 412 g/mol. The zero-order valence-corrected chi connectivity index (χ0v) is 16.0. The number of carbonyl (C=O) groups is 2. The van der Waals surface area contributed by atoms with E-state index in [0.717, 1.165) is 5.56 Å². The summed E-state index contributed by atoms with van der Waals surface area (Å²) in [4.78, 5) is 26.0. The number of aryl methyl sites for hydroxylation is 1. The molecule has 0 aromatic heterocycles. The fourth-order valence-corrected chi connectivity index (χ4v) is 4.58. The predicted octanol–water partition coefficient (Wildman–Crippen LogP) is 3.20. The number of hydrogen-bond acceptors (Lipinski definition) is 4. The molecule has 29 heavy (non-hydrogen) atoms. The minimum atomic E-state index is -4.72. The molecule has 2 saturated heterocycles. The Hall–Kier alpha value is -2.45. The maximum atomic E-state index is 12.8. The van der Waals surface area contributed by atoms with Crippen LogP contribution in [0.15, 0.2) is 18.2 Å². The molecule has 0 spiro atoms. The SMILES string of the molecule is Cc1ccc([C@H]2[C@@H]3CN(C(=O)[C@@H]4CCCOC(=O)NC4)C[C@@H]32)cc1OC(F)(F)F. The van der Waals surface area contributed by atoms with Gasteiger partial charge in [0.1, 0.15) is 5.75 Å². The van der Waals surface area contributed by atoms with Crippen molar-refractivity contribution in [3.05, 3.63) is 29.3 Å². The van der Waals surface area contributed by atoms with Gasteiger partial charge >= 0.3 is 12.5 Å². The van der Waals surface area contributed by atoms with Gasteiger partial charge in [-0.1, -0.05) is 12.1 Å². The van der Waals surface area contributed by atoms with Crippen LogP contribution >= 0.6 is 0 Å². The fourth-order valence-electron chi connectivity index (χ4n) is 4.58. The van der Waals surface area contributed by atoms with Gasteiger partial charge in [-0.3, -0.25) is 4.79 Å². The van der Waals surface area contributed by atoms with Crippen LogP contribution in [0.4, 0.5) is 18.0 Å². The Morgan fingerprint density at radius 2 is 2.00 bits per heavy atom. The maximum Gasteiger partial charge on any atom is 0.573 e. The number of nitrogens with one attached hydrogen (secondary N) is 1. The molecule has 158 valence electrons. The minimum Gasteiger partial charge on any atom is -0.450 e. The Morgan fingerprint density at radius 1 is 1.28 bits per heavy atom. The lowest BCUT2D eigenvalue weighted by atomic mass is 10.00. The van der Waals surface area contributed by atoms with Crippen LogP contribution in [0.2, 0.25) is 0 Å². The van der Waals surface area contributed by atoms with Crippen molar-refractivity contribution in [3.63, 3.8) is 0 Å². The lowest BCUT2D eigenvalue weighted by Gasteiger charge is -2.27. The highest BCUT2D eigenvalue weighted by Gasteiger charge is 2.57. The van der Waals surface area contributed by atoms with Gasteiger partial charge in [0.2, 0.25) is 5.91 Å². The zero-order valence-electron chi connectivity index (χ0n) is 16.0. The van der Waals surface area contributed by atoms with Gasteiger partial charge in [0.25, 0.3) is 0 Å². The number of alkyl carbamates (subject to hydrolysis) is 1. The van der Waals surface area contributed by atoms with Crippen molar-refractivity contribution in [2.24, 2.45) is 17.8 Å². The van der Waals surface area contributed by atoms with Crippen LogP contribution in [0.1, 0.15) is 29.9 Å². The molecule has 1 saturated carbocycles. The molecule has 1 aliphatic carbocycles. The molecule has 2 amide bonds. The van der Waals surface area contributed by atoms with Crippen LogP contribution in [0.3, 0.4) is 0 Å². The molecular formula is C20H23F3N2O4. The standard InChI is InChI=1S/C20H23F3N2O4/c1-11-4-5-12(7-16(11)29-20(21,22)23)17-14-9-25(10-15(14)17)18(26)13-3-2-6-28-19(27)24-8-13/h4-5,7,13-15,17H,2-3,6,8-10H2,1H3,(H,24,27)/t13-,14-,15+,17+/m1/s1. The van der Waals surface area contributed by atoms with E-state index in [1.54, 1.807) is 13.0 Å². The van der Waals surface area contributed by atoms with Crippen LogP contribution in [0, 0.1) is 24.7 Å². The second-order valence-electron chi connectivity index (χ2n) is 8.03. The Balaban J connectivity index is 1.37. The first kappa shape index (κ1) is 19.8. The molecule has 6 nitrogen and oxygen atoms in total. The Bertz CT molecular complexity index is 801. The molecule has 0 bridgehead atoms. The molecule has 1 N–H and O–H groups in total. The summed E-state index contributed by atoms with van der Waals surface area (Å²) >= 11 is 0. The lowest BCUT2D eigenvalue weighted by molar-refractivity contribution is -0.274. The topological polar surface area (TPSA) is 67.9 Å². The van der Waals surface area contributed by atoms with Gasteiger partial charge in [-0.15, -0.1) is 13.2 Å². The predicted molar refractivity (Wildman–Crippen MR) is 96.2 cm³/mol. The lowest BCUT2D eigenvalue weighted by Crippen LogP contribution is -2.43. The monoisotopic (exact) mass is 412 g/mol. The number of rotatable bonds is 3. The number of nitrogens with zero attached hydrogens (tertiary/aromatic N) is 1. The first-order chi connectivity index (χ1) is 13.7. The molecule has 0 unspecified atom stereocenters. The van der Waals surface area contributed by atoms with E-state index in [1.165, 1.54) is 6.07 Å². The average Bonchev–Trinajstić information content (AvgIpc) is 3.12. The van der Waals surface area contributed by atoms with Gasteiger partial charge < -0.3 is 19.7 Å². The number of likely N-dealkylation sites (tertiary alicyclic amines) is 1. The van der Waals surface area contributed by atoms with E-state index in [4.69, 9.17) is 4.74 Å². The number of alkyl halides is 3. The number of fused-ring (bicyclic) bond motifs is 1.